The number of pyridine rings is 2. The largest absolute Gasteiger partial charge is 0.597 e. The van der Waals surface area contributed by atoms with Gasteiger partial charge in [0, 0.05) is 61.3 Å². The minimum Gasteiger partial charge on any atom is -0.597 e. The molecule has 2 aromatic rings. The van der Waals surface area contributed by atoms with E-state index < -0.39 is 16.8 Å². The zero-order valence-corrected chi connectivity index (χ0v) is 19.5. The van der Waals surface area contributed by atoms with Gasteiger partial charge in [-0.15, -0.1) is 11.8 Å². The highest BCUT2D eigenvalue weighted by Gasteiger charge is 2.33. The fraction of sp³-hybridized carbons (Fsp3) is 0.409. The lowest BCUT2D eigenvalue weighted by Gasteiger charge is -2.38. The van der Waals surface area contributed by atoms with Crippen molar-refractivity contribution in [1.82, 2.24) is 30.9 Å². The second kappa shape index (κ2) is 12.9. The van der Waals surface area contributed by atoms with Gasteiger partial charge in [0.15, 0.2) is 0 Å². The Morgan fingerprint density at radius 1 is 1.12 bits per heavy atom. The summed E-state index contributed by atoms with van der Waals surface area (Å²) in [6.07, 6.45) is 4.25. The van der Waals surface area contributed by atoms with Crippen LogP contribution in [-0.4, -0.2) is 75.5 Å². The topological polar surface area (TPSA) is 146 Å². The predicted molar refractivity (Wildman–Crippen MR) is 128 cm³/mol. The first kappa shape index (κ1) is 25.4. The number of carbonyl (C=O) groups is 2. The number of nitrogens with zero attached hydrogens (tertiary/aromatic N) is 5. The van der Waals surface area contributed by atoms with Crippen molar-refractivity contribution in [1.29, 1.82) is 5.26 Å². The standard InChI is InChI=1S/C22H28N8O3S/c23-15-20-16-34-17-29(20)13-14-30(33,22(32)27-12-8-19-6-2-4-10-25-19)28-21(31)26-11-7-18-5-1-3-9-24-18/h1-6,9-10,20H,7-8,11-14,16-17H2,(H,27,32)(H2,26,28,31). The maximum atomic E-state index is 13.4. The van der Waals surface area contributed by atoms with Crippen LogP contribution in [0.3, 0.4) is 0 Å². The number of aromatic nitrogens is 2. The Morgan fingerprint density at radius 2 is 1.76 bits per heavy atom. The van der Waals surface area contributed by atoms with Crippen molar-refractivity contribution in [3.8, 4) is 6.07 Å². The fourth-order valence-corrected chi connectivity index (χ4v) is 4.48. The Hall–Kier alpha value is -3.24. The van der Waals surface area contributed by atoms with Gasteiger partial charge >= 0.3 is 12.1 Å². The second-order valence-corrected chi connectivity index (χ2v) is 8.66. The fourth-order valence-electron chi connectivity index (χ4n) is 3.32. The summed E-state index contributed by atoms with van der Waals surface area (Å²) in [6.45, 7) is 0.406. The summed E-state index contributed by atoms with van der Waals surface area (Å²) in [5.74, 6) is 1.24. The molecule has 4 amide bonds. The van der Waals surface area contributed by atoms with Crippen molar-refractivity contribution in [2.45, 2.75) is 18.9 Å². The minimum absolute atomic E-state index is 0.191. The molecule has 11 nitrogen and oxygen atoms in total. The number of nitriles is 1. The van der Waals surface area contributed by atoms with E-state index in [9.17, 15) is 20.1 Å². The summed E-state index contributed by atoms with van der Waals surface area (Å²) >= 11 is 1.59. The SMILES string of the molecule is N#CC1CSCN1CC[N+]([O-])(NC(=O)NCCc1ccccn1)C(=O)NCCc1ccccn1. The zero-order valence-electron chi connectivity index (χ0n) is 18.7. The number of urea groups is 2. The molecule has 0 saturated carbocycles. The van der Waals surface area contributed by atoms with Gasteiger partial charge in [-0.1, -0.05) is 12.1 Å². The third-order valence-corrected chi connectivity index (χ3v) is 6.28. The van der Waals surface area contributed by atoms with Gasteiger partial charge in [0.25, 0.3) is 0 Å². The van der Waals surface area contributed by atoms with Gasteiger partial charge in [0.2, 0.25) is 0 Å². The van der Waals surface area contributed by atoms with Gasteiger partial charge in [-0.05, 0) is 24.3 Å². The molecule has 0 aliphatic carbocycles. The third kappa shape index (κ3) is 7.67. The van der Waals surface area contributed by atoms with E-state index in [4.69, 9.17) is 0 Å². The van der Waals surface area contributed by atoms with Gasteiger partial charge in [-0.2, -0.15) is 15.4 Å². The number of nitrogens with one attached hydrogen (secondary N) is 3. The zero-order chi connectivity index (χ0) is 24.2. The molecule has 0 spiro atoms. The van der Waals surface area contributed by atoms with E-state index in [-0.39, 0.29) is 32.2 Å². The molecule has 1 fully saturated rings. The molecule has 3 heterocycles. The number of amides is 4. The lowest BCUT2D eigenvalue weighted by molar-refractivity contribution is -0.836. The monoisotopic (exact) mass is 484 g/mol. The number of hydroxylamine groups is 2. The number of hydrogen-bond donors (Lipinski definition) is 3. The first-order chi connectivity index (χ1) is 16.5. The molecule has 34 heavy (non-hydrogen) atoms. The molecule has 1 aliphatic rings. The van der Waals surface area contributed by atoms with Crippen LogP contribution >= 0.6 is 11.8 Å². The van der Waals surface area contributed by atoms with Gasteiger partial charge in [-0.3, -0.25) is 14.9 Å². The van der Waals surface area contributed by atoms with Crippen molar-refractivity contribution in [2.75, 3.05) is 37.8 Å². The Morgan fingerprint density at radius 3 is 2.35 bits per heavy atom. The van der Waals surface area contributed by atoms with Crippen molar-refractivity contribution in [3.05, 3.63) is 65.4 Å². The molecule has 0 aromatic carbocycles. The summed E-state index contributed by atoms with van der Waals surface area (Å²) < 4.78 is -1.59. The minimum atomic E-state index is -1.59. The van der Waals surface area contributed by atoms with Crippen LogP contribution in [0.15, 0.2) is 48.8 Å². The number of rotatable bonds is 9. The molecule has 2 unspecified atom stereocenters. The Labute approximate surface area is 202 Å². The first-order valence-electron chi connectivity index (χ1n) is 10.9. The molecule has 2 atom stereocenters. The van der Waals surface area contributed by atoms with Crippen molar-refractivity contribution in [3.63, 3.8) is 0 Å². The van der Waals surface area contributed by atoms with Crippen LogP contribution in [0.4, 0.5) is 9.59 Å². The second-order valence-electron chi connectivity index (χ2n) is 7.66. The summed E-state index contributed by atoms with van der Waals surface area (Å²) in [7, 11) is 0. The third-order valence-electron chi connectivity index (χ3n) is 5.21. The Kier molecular flexibility index (Phi) is 9.60. The van der Waals surface area contributed by atoms with Crippen LogP contribution in [0.2, 0.25) is 0 Å². The summed E-state index contributed by atoms with van der Waals surface area (Å²) in [5, 5.41) is 27.9. The maximum Gasteiger partial charge on any atom is 0.441 e. The van der Waals surface area contributed by atoms with Crippen molar-refractivity contribution in [2.24, 2.45) is 0 Å². The van der Waals surface area contributed by atoms with Gasteiger partial charge in [-0.25, -0.2) is 9.59 Å². The highest BCUT2D eigenvalue weighted by Crippen LogP contribution is 2.20. The van der Waals surface area contributed by atoms with Crippen LogP contribution in [0.5, 0.6) is 0 Å². The van der Waals surface area contributed by atoms with E-state index >= 15 is 0 Å². The number of quaternary nitrogens is 1. The number of carbonyl (C=O) groups excluding carboxylic acids is 2. The van der Waals surface area contributed by atoms with Crippen LogP contribution in [-0.2, 0) is 12.8 Å². The number of thioether (sulfide) groups is 1. The first-order valence-corrected chi connectivity index (χ1v) is 12.1. The average molecular weight is 485 g/mol. The highest BCUT2D eigenvalue weighted by molar-refractivity contribution is 7.99. The summed E-state index contributed by atoms with van der Waals surface area (Å²) in [4.78, 5) is 35.5. The molecule has 1 saturated heterocycles. The highest BCUT2D eigenvalue weighted by atomic mass is 32.2. The van der Waals surface area contributed by atoms with Crippen LogP contribution in [0.25, 0.3) is 0 Å². The quantitative estimate of drug-likeness (QED) is 0.358. The van der Waals surface area contributed by atoms with Crippen molar-refractivity contribution >= 4 is 23.8 Å². The van der Waals surface area contributed by atoms with Crippen molar-refractivity contribution < 1.29 is 14.3 Å². The molecule has 1 aliphatic heterocycles. The Balaban J connectivity index is 1.56. The molecule has 0 bridgehead atoms. The molecule has 12 heteroatoms. The normalized spacial score (nSPS) is 17.4. The van der Waals surface area contributed by atoms with E-state index in [0.29, 0.717) is 24.5 Å². The van der Waals surface area contributed by atoms with Gasteiger partial charge < -0.3 is 15.8 Å². The van der Waals surface area contributed by atoms with Crippen LogP contribution in [0.1, 0.15) is 11.4 Å². The average Bonchev–Trinajstić information content (AvgIpc) is 3.32. The van der Waals surface area contributed by atoms with E-state index in [1.807, 2.05) is 29.2 Å². The predicted octanol–water partition coefficient (Wildman–Crippen LogP) is 1.40. The summed E-state index contributed by atoms with van der Waals surface area (Å²) in [6, 6.07) is 11.2. The van der Waals surface area contributed by atoms with Gasteiger partial charge in [0.1, 0.15) is 12.6 Å². The van der Waals surface area contributed by atoms with E-state index in [0.717, 1.165) is 11.4 Å². The van der Waals surface area contributed by atoms with E-state index in [1.165, 1.54) is 0 Å². The molecule has 0 radical (unpaired) electrons. The Bertz CT molecular complexity index is 975. The number of hydrogen-bond acceptors (Lipinski definition) is 8. The maximum absolute atomic E-state index is 13.4. The van der Waals surface area contributed by atoms with E-state index in [2.05, 4.69) is 32.1 Å². The molecule has 3 rings (SSSR count). The molecule has 180 valence electrons. The van der Waals surface area contributed by atoms with Crippen LogP contribution < -0.4 is 16.1 Å². The van der Waals surface area contributed by atoms with E-state index in [1.54, 1.807) is 36.3 Å². The molecular weight excluding hydrogens is 456 g/mol. The van der Waals surface area contributed by atoms with Gasteiger partial charge in [0.05, 0.1) is 12.6 Å². The molecule has 3 N–H and O–H groups in total. The molecule has 2 aromatic heterocycles. The lowest BCUT2D eigenvalue weighted by atomic mass is 10.3. The smallest absolute Gasteiger partial charge is 0.441 e. The van der Waals surface area contributed by atoms with Crippen LogP contribution in [0, 0.1) is 16.5 Å². The molecular formula is C22H28N8O3S. The lowest BCUT2D eigenvalue weighted by Crippen LogP contribution is -2.66. The summed E-state index contributed by atoms with van der Waals surface area (Å²) in [5.41, 5.74) is 3.83.